The molecule has 0 aliphatic heterocycles. The predicted molar refractivity (Wildman–Crippen MR) is 73.7 cm³/mol. The fourth-order valence-corrected chi connectivity index (χ4v) is 2.92. The lowest BCUT2D eigenvalue weighted by molar-refractivity contribution is 0.415. The maximum absolute atomic E-state index is 12.4. The number of benzene rings is 2. The zero-order valence-electron chi connectivity index (χ0n) is 10.3. The Morgan fingerprint density at radius 1 is 0.947 bits per heavy atom. The van der Waals surface area contributed by atoms with Crippen molar-refractivity contribution < 1.29 is 13.2 Å². The van der Waals surface area contributed by atoms with Gasteiger partial charge in [-0.05, 0) is 36.4 Å². The summed E-state index contributed by atoms with van der Waals surface area (Å²) in [7, 11) is -2.16. The van der Waals surface area contributed by atoms with E-state index in [2.05, 4.69) is 0 Å². The second-order valence-electron chi connectivity index (χ2n) is 3.98. The minimum atomic E-state index is -3.60. The Hall–Kier alpha value is -2.21. The summed E-state index contributed by atoms with van der Waals surface area (Å²) in [4.78, 5) is 0.303. The lowest BCUT2D eigenvalue weighted by Crippen LogP contribution is -2.03. The molecule has 0 aromatic heterocycles. The first-order valence-electron chi connectivity index (χ1n) is 5.49. The van der Waals surface area contributed by atoms with E-state index in [0.717, 1.165) is 0 Å². The summed E-state index contributed by atoms with van der Waals surface area (Å²) >= 11 is 0. The first-order valence-corrected chi connectivity index (χ1v) is 6.97. The molecule has 5 nitrogen and oxygen atoms in total. The summed E-state index contributed by atoms with van der Waals surface area (Å²) in [6.07, 6.45) is 0. The van der Waals surface area contributed by atoms with E-state index in [1.807, 2.05) is 0 Å². The quantitative estimate of drug-likeness (QED) is 0.833. The van der Waals surface area contributed by atoms with Crippen LogP contribution in [0.2, 0.25) is 0 Å². The number of anilines is 2. The zero-order valence-corrected chi connectivity index (χ0v) is 11.1. The molecule has 0 unspecified atom stereocenters. The van der Waals surface area contributed by atoms with Gasteiger partial charge in [-0.1, -0.05) is 0 Å². The smallest absolute Gasteiger partial charge is 0.206 e. The summed E-state index contributed by atoms with van der Waals surface area (Å²) in [5, 5.41) is 0. The van der Waals surface area contributed by atoms with Crippen LogP contribution in [0.3, 0.4) is 0 Å². The number of methoxy groups -OCH3 is 1. The van der Waals surface area contributed by atoms with Crippen LogP contribution in [0.5, 0.6) is 5.75 Å². The largest absolute Gasteiger partial charge is 0.495 e. The van der Waals surface area contributed by atoms with Crippen molar-refractivity contribution in [3.05, 3.63) is 42.5 Å². The van der Waals surface area contributed by atoms with Crippen LogP contribution in [0.1, 0.15) is 0 Å². The molecule has 6 heteroatoms. The SMILES string of the molecule is COc1cc(S(=O)(=O)c2ccc(N)cc2)ccc1N. The summed E-state index contributed by atoms with van der Waals surface area (Å²) in [5.41, 5.74) is 12.1. The van der Waals surface area contributed by atoms with Gasteiger partial charge in [-0.2, -0.15) is 0 Å². The second-order valence-corrected chi connectivity index (χ2v) is 5.93. The first kappa shape index (κ1) is 13.2. The Kier molecular flexibility index (Phi) is 3.35. The molecule has 0 saturated heterocycles. The van der Waals surface area contributed by atoms with Gasteiger partial charge >= 0.3 is 0 Å². The van der Waals surface area contributed by atoms with Crippen LogP contribution in [0.25, 0.3) is 0 Å². The van der Waals surface area contributed by atoms with Gasteiger partial charge in [0.2, 0.25) is 9.84 Å². The molecule has 2 rings (SSSR count). The lowest BCUT2D eigenvalue weighted by Gasteiger charge is -2.08. The van der Waals surface area contributed by atoms with Crippen molar-refractivity contribution in [1.82, 2.24) is 0 Å². The van der Waals surface area contributed by atoms with Crippen LogP contribution in [-0.4, -0.2) is 15.5 Å². The maximum atomic E-state index is 12.4. The molecule has 0 heterocycles. The van der Waals surface area contributed by atoms with Gasteiger partial charge < -0.3 is 16.2 Å². The van der Waals surface area contributed by atoms with Gasteiger partial charge in [-0.25, -0.2) is 8.42 Å². The fraction of sp³-hybridized carbons (Fsp3) is 0.0769. The third-order valence-electron chi connectivity index (χ3n) is 2.71. The number of nitrogen functional groups attached to an aromatic ring is 2. The second kappa shape index (κ2) is 4.81. The molecule has 0 saturated carbocycles. The number of sulfone groups is 1. The molecule has 0 atom stereocenters. The lowest BCUT2D eigenvalue weighted by atomic mass is 10.3. The average Bonchev–Trinajstić information content (AvgIpc) is 2.39. The van der Waals surface area contributed by atoms with E-state index >= 15 is 0 Å². The molecule has 0 bridgehead atoms. The van der Waals surface area contributed by atoms with Crippen LogP contribution in [0.4, 0.5) is 11.4 Å². The van der Waals surface area contributed by atoms with Gasteiger partial charge in [0.05, 0.1) is 22.6 Å². The van der Waals surface area contributed by atoms with Crippen LogP contribution in [0.15, 0.2) is 52.3 Å². The minimum Gasteiger partial charge on any atom is -0.495 e. The van der Waals surface area contributed by atoms with Gasteiger partial charge in [-0.15, -0.1) is 0 Å². The molecule has 19 heavy (non-hydrogen) atoms. The predicted octanol–water partition coefficient (Wildman–Crippen LogP) is 1.69. The molecular formula is C13H14N2O3S. The van der Waals surface area contributed by atoms with Crippen molar-refractivity contribution in [2.75, 3.05) is 18.6 Å². The van der Waals surface area contributed by atoms with Gasteiger partial charge in [-0.3, -0.25) is 0 Å². The minimum absolute atomic E-state index is 0.128. The third kappa shape index (κ3) is 2.48. The van der Waals surface area contributed by atoms with Crippen molar-refractivity contribution in [2.24, 2.45) is 0 Å². The molecule has 100 valence electrons. The standard InChI is InChI=1S/C13H14N2O3S/c1-18-13-8-11(6-7-12(13)15)19(16,17)10-4-2-9(14)3-5-10/h2-8H,14-15H2,1H3. The van der Waals surface area contributed by atoms with Crippen LogP contribution >= 0.6 is 0 Å². The molecule has 0 aliphatic rings. The van der Waals surface area contributed by atoms with Gasteiger partial charge in [0.15, 0.2) is 0 Å². The van der Waals surface area contributed by atoms with Crippen molar-refractivity contribution in [3.63, 3.8) is 0 Å². The Morgan fingerprint density at radius 2 is 1.53 bits per heavy atom. The highest BCUT2D eigenvalue weighted by Crippen LogP contribution is 2.28. The van der Waals surface area contributed by atoms with Crippen LogP contribution in [0, 0.1) is 0 Å². The van der Waals surface area contributed by atoms with Crippen LogP contribution < -0.4 is 16.2 Å². The van der Waals surface area contributed by atoms with Crippen molar-refractivity contribution >= 4 is 21.2 Å². The van der Waals surface area contributed by atoms with Crippen molar-refractivity contribution in [3.8, 4) is 5.75 Å². The van der Waals surface area contributed by atoms with E-state index in [-0.39, 0.29) is 9.79 Å². The van der Waals surface area contributed by atoms with Crippen molar-refractivity contribution in [1.29, 1.82) is 0 Å². The first-order chi connectivity index (χ1) is 8.95. The van der Waals surface area contributed by atoms with E-state index in [4.69, 9.17) is 16.2 Å². The Morgan fingerprint density at radius 3 is 2.11 bits per heavy atom. The molecule has 0 fully saturated rings. The molecule has 2 aromatic rings. The fourth-order valence-electron chi connectivity index (χ4n) is 1.64. The number of nitrogens with two attached hydrogens (primary N) is 2. The highest BCUT2D eigenvalue weighted by Gasteiger charge is 2.18. The summed E-state index contributed by atoms with van der Waals surface area (Å²) in [5.74, 6) is 0.330. The Balaban J connectivity index is 2.53. The van der Waals surface area contributed by atoms with Crippen molar-refractivity contribution in [2.45, 2.75) is 9.79 Å². The van der Waals surface area contributed by atoms with E-state index in [9.17, 15) is 8.42 Å². The molecule has 2 aromatic carbocycles. The van der Waals surface area contributed by atoms with E-state index in [0.29, 0.717) is 17.1 Å². The van der Waals surface area contributed by atoms with Crippen LogP contribution in [-0.2, 0) is 9.84 Å². The maximum Gasteiger partial charge on any atom is 0.206 e. The molecule has 0 spiro atoms. The molecule has 4 N–H and O–H groups in total. The summed E-state index contributed by atoms with van der Waals surface area (Å²) in [6, 6.07) is 10.4. The number of hydrogen-bond acceptors (Lipinski definition) is 5. The Bertz CT molecular complexity index is 694. The summed E-state index contributed by atoms with van der Waals surface area (Å²) in [6.45, 7) is 0. The molecule has 0 radical (unpaired) electrons. The average molecular weight is 278 g/mol. The highest BCUT2D eigenvalue weighted by atomic mass is 32.2. The highest BCUT2D eigenvalue weighted by molar-refractivity contribution is 7.91. The molecule has 0 amide bonds. The normalized spacial score (nSPS) is 11.2. The van der Waals surface area contributed by atoms with Gasteiger partial charge in [0.1, 0.15) is 5.75 Å². The zero-order chi connectivity index (χ0) is 14.0. The molecule has 0 aliphatic carbocycles. The summed E-state index contributed by atoms with van der Waals surface area (Å²) < 4.78 is 29.8. The monoisotopic (exact) mass is 278 g/mol. The number of rotatable bonds is 3. The van der Waals surface area contributed by atoms with Gasteiger partial charge in [0, 0.05) is 11.8 Å². The number of hydrogen-bond donors (Lipinski definition) is 2. The van der Waals surface area contributed by atoms with E-state index in [1.165, 1.54) is 37.4 Å². The van der Waals surface area contributed by atoms with Gasteiger partial charge in [0.25, 0.3) is 0 Å². The van der Waals surface area contributed by atoms with E-state index < -0.39 is 9.84 Å². The topological polar surface area (TPSA) is 95.4 Å². The van der Waals surface area contributed by atoms with E-state index in [1.54, 1.807) is 12.1 Å². The third-order valence-corrected chi connectivity index (χ3v) is 4.47. The number of ether oxygens (including phenoxy) is 1. The molecular weight excluding hydrogens is 264 g/mol. The Labute approximate surface area is 111 Å².